The van der Waals surface area contributed by atoms with Crippen LogP contribution in [-0.4, -0.2) is 63.9 Å². The predicted octanol–water partition coefficient (Wildman–Crippen LogP) is 1.87. The number of hydrogen-bond acceptors (Lipinski definition) is 4. The van der Waals surface area contributed by atoms with Crippen molar-refractivity contribution >= 4 is 29.9 Å². The maximum atomic E-state index is 5.99. The van der Waals surface area contributed by atoms with Crippen molar-refractivity contribution < 1.29 is 9.47 Å². The van der Waals surface area contributed by atoms with E-state index in [-0.39, 0.29) is 24.0 Å². The Kier molecular flexibility index (Phi) is 11.3. The molecule has 0 atom stereocenters. The first kappa shape index (κ1) is 21.7. The van der Waals surface area contributed by atoms with Crippen molar-refractivity contribution in [1.82, 2.24) is 15.5 Å². The third kappa shape index (κ3) is 8.06. The van der Waals surface area contributed by atoms with Gasteiger partial charge in [0, 0.05) is 45.3 Å². The first-order valence-corrected chi connectivity index (χ1v) is 8.39. The number of ether oxygens (including phenoxy) is 2. The summed E-state index contributed by atoms with van der Waals surface area (Å²) in [4.78, 5) is 6.55. The van der Waals surface area contributed by atoms with Crippen LogP contribution in [0.5, 0.6) is 5.75 Å². The van der Waals surface area contributed by atoms with Crippen LogP contribution in [0.4, 0.5) is 0 Å². The fraction of sp³-hybridized carbons (Fsp3) is 0.500. The summed E-state index contributed by atoms with van der Waals surface area (Å²) < 4.78 is 11.4. The summed E-state index contributed by atoms with van der Waals surface area (Å²) >= 11 is 0. The Hall–Kier alpha value is -1.32. The van der Waals surface area contributed by atoms with Gasteiger partial charge >= 0.3 is 0 Å². The summed E-state index contributed by atoms with van der Waals surface area (Å²) in [6, 6.07) is 8.10. The number of guanidine groups is 1. The molecule has 0 spiro atoms. The Labute approximate surface area is 167 Å². The van der Waals surface area contributed by atoms with Gasteiger partial charge < -0.3 is 20.1 Å². The Morgan fingerprint density at radius 2 is 2.08 bits per heavy atom. The number of aliphatic imine (C=N–C) groups is 1. The highest BCUT2D eigenvalue weighted by atomic mass is 127. The van der Waals surface area contributed by atoms with Crippen molar-refractivity contribution in [2.75, 3.05) is 53.0 Å². The Balaban J connectivity index is 0.00000312. The lowest BCUT2D eigenvalue weighted by Gasteiger charge is -2.26. The Morgan fingerprint density at radius 3 is 2.80 bits per heavy atom. The molecule has 1 aliphatic rings. The van der Waals surface area contributed by atoms with Crippen molar-refractivity contribution in [3.63, 3.8) is 0 Å². The van der Waals surface area contributed by atoms with E-state index in [0.29, 0.717) is 19.7 Å². The standard InChI is InChI=1S/C18H28N4O2.HI/c1-3-8-20-18(19-2)21-15-16-6-4-5-7-17(16)24-14-11-22-9-12-23-13-10-22;/h3-7H,1,8-15H2,2H3,(H2,19,20,21);1H. The first-order valence-electron chi connectivity index (χ1n) is 8.39. The lowest BCUT2D eigenvalue weighted by molar-refractivity contribution is 0.0322. The van der Waals surface area contributed by atoms with Gasteiger partial charge in [-0.05, 0) is 6.07 Å². The van der Waals surface area contributed by atoms with E-state index in [1.165, 1.54) is 0 Å². The summed E-state index contributed by atoms with van der Waals surface area (Å²) in [6.45, 7) is 10.2. The molecule has 1 aromatic rings. The number of hydrogen-bond donors (Lipinski definition) is 2. The third-order valence-corrected chi connectivity index (χ3v) is 3.83. The van der Waals surface area contributed by atoms with E-state index in [2.05, 4.69) is 33.2 Å². The zero-order chi connectivity index (χ0) is 17.0. The van der Waals surface area contributed by atoms with Crippen LogP contribution in [0, 0.1) is 0 Å². The van der Waals surface area contributed by atoms with Gasteiger partial charge in [-0.2, -0.15) is 0 Å². The average molecular weight is 460 g/mol. The lowest BCUT2D eigenvalue weighted by atomic mass is 10.2. The van der Waals surface area contributed by atoms with Gasteiger partial charge in [-0.15, -0.1) is 30.6 Å². The maximum Gasteiger partial charge on any atom is 0.191 e. The molecule has 1 fully saturated rings. The van der Waals surface area contributed by atoms with E-state index in [1.54, 1.807) is 13.1 Å². The molecule has 0 radical (unpaired) electrons. The molecule has 1 aromatic carbocycles. The van der Waals surface area contributed by atoms with Gasteiger partial charge in [-0.3, -0.25) is 9.89 Å². The van der Waals surface area contributed by atoms with Crippen LogP contribution in [0.15, 0.2) is 41.9 Å². The second-order valence-electron chi connectivity index (χ2n) is 5.51. The van der Waals surface area contributed by atoms with E-state index < -0.39 is 0 Å². The molecule has 2 rings (SSSR count). The zero-order valence-electron chi connectivity index (χ0n) is 14.9. The highest BCUT2D eigenvalue weighted by Crippen LogP contribution is 2.17. The quantitative estimate of drug-likeness (QED) is 0.269. The highest BCUT2D eigenvalue weighted by molar-refractivity contribution is 14.0. The second-order valence-corrected chi connectivity index (χ2v) is 5.51. The molecule has 0 bridgehead atoms. The summed E-state index contributed by atoms with van der Waals surface area (Å²) in [5, 5.41) is 6.44. The van der Waals surface area contributed by atoms with Crippen LogP contribution < -0.4 is 15.4 Å². The van der Waals surface area contributed by atoms with Crippen LogP contribution in [-0.2, 0) is 11.3 Å². The number of morpholine rings is 1. The molecule has 2 N–H and O–H groups in total. The molecule has 7 heteroatoms. The number of nitrogens with one attached hydrogen (secondary N) is 2. The van der Waals surface area contributed by atoms with Crippen molar-refractivity contribution in [2.45, 2.75) is 6.54 Å². The number of rotatable bonds is 8. The number of benzene rings is 1. The van der Waals surface area contributed by atoms with Crippen molar-refractivity contribution in [1.29, 1.82) is 0 Å². The molecule has 0 saturated carbocycles. The van der Waals surface area contributed by atoms with E-state index in [4.69, 9.17) is 9.47 Å². The molecule has 25 heavy (non-hydrogen) atoms. The van der Waals surface area contributed by atoms with Crippen molar-refractivity contribution in [3.8, 4) is 5.75 Å². The van der Waals surface area contributed by atoms with Gasteiger partial charge in [-0.25, -0.2) is 0 Å². The van der Waals surface area contributed by atoms with E-state index in [1.807, 2.05) is 18.2 Å². The largest absolute Gasteiger partial charge is 0.492 e. The molecule has 1 saturated heterocycles. The lowest BCUT2D eigenvalue weighted by Crippen LogP contribution is -2.38. The normalized spacial score (nSPS) is 15.2. The van der Waals surface area contributed by atoms with Gasteiger partial charge in [0.1, 0.15) is 12.4 Å². The number of halogens is 1. The SMILES string of the molecule is C=CCNC(=NC)NCc1ccccc1OCCN1CCOCC1.I. The minimum absolute atomic E-state index is 0. The molecular weight excluding hydrogens is 431 g/mol. The predicted molar refractivity (Wildman–Crippen MR) is 113 cm³/mol. The summed E-state index contributed by atoms with van der Waals surface area (Å²) in [5.74, 6) is 1.66. The van der Waals surface area contributed by atoms with E-state index >= 15 is 0 Å². The van der Waals surface area contributed by atoms with Crippen LogP contribution in [0.25, 0.3) is 0 Å². The third-order valence-electron chi connectivity index (χ3n) is 3.83. The fourth-order valence-corrected chi connectivity index (χ4v) is 2.47. The molecule has 140 valence electrons. The highest BCUT2D eigenvalue weighted by Gasteiger charge is 2.10. The minimum atomic E-state index is 0. The van der Waals surface area contributed by atoms with Crippen LogP contribution in [0.2, 0.25) is 0 Å². The van der Waals surface area contributed by atoms with Crippen molar-refractivity contribution in [3.05, 3.63) is 42.5 Å². The maximum absolute atomic E-state index is 5.99. The van der Waals surface area contributed by atoms with Gasteiger partial charge in [-0.1, -0.05) is 24.3 Å². The molecule has 0 aliphatic carbocycles. The Morgan fingerprint density at radius 1 is 1.32 bits per heavy atom. The number of para-hydroxylation sites is 1. The smallest absolute Gasteiger partial charge is 0.191 e. The molecule has 0 amide bonds. The van der Waals surface area contributed by atoms with Crippen molar-refractivity contribution in [2.24, 2.45) is 4.99 Å². The fourth-order valence-electron chi connectivity index (χ4n) is 2.47. The van der Waals surface area contributed by atoms with Gasteiger partial charge in [0.15, 0.2) is 5.96 Å². The topological polar surface area (TPSA) is 58.1 Å². The molecule has 0 aromatic heterocycles. The van der Waals surface area contributed by atoms with Gasteiger partial charge in [0.2, 0.25) is 0 Å². The summed E-state index contributed by atoms with van der Waals surface area (Å²) in [6.07, 6.45) is 1.80. The second kappa shape index (κ2) is 13.0. The van der Waals surface area contributed by atoms with Crippen LogP contribution >= 0.6 is 24.0 Å². The first-order chi connectivity index (χ1) is 11.8. The molecule has 6 nitrogen and oxygen atoms in total. The minimum Gasteiger partial charge on any atom is -0.492 e. The van der Waals surface area contributed by atoms with Crippen LogP contribution in [0.3, 0.4) is 0 Å². The summed E-state index contributed by atoms with van der Waals surface area (Å²) in [7, 11) is 1.75. The molecule has 1 heterocycles. The summed E-state index contributed by atoms with van der Waals surface area (Å²) in [5.41, 5.74) is 1.11. The van der Waals surface area contributed by atoms with E-state index in [9.17, 15) is 0 Å². The van der Waals surface area contributed by atoms with Gasteiger partial charge in [0.05, 0.1) is 13.2 Å². The molecule has 1 aliphatic heterocycles. The molecule has 0 unspecified atom stereocenters. The van der Waals surface area contributed by atoms with E-state index in [0.717, 1.165) is 50.1 Å². The zero-order valence-corrected chi connectivity index (χ0v) is 17.2. The number of nitrogens with zero attached hydrogens (tertiary/aromatic N) is 2. The van der Waals surface area contributed by atoms with Gasteiger partial charge in [0.25, 0.3) is 0 Å². The molecular formula is C18H29IN4O2. The Bertz CT molecular complexity index is 534. The van der Waals surface area contributed by atoms with Crippen LogP contribution in [0.1, 0.15) is 5.56 Å². The monoisotopic (exact) mass is 460 g/mol. The average Bonchev–Trinajstić information content (AvgIpc) is 2.64.